The molecule has 0 spiro atoms. The summed E-state index contributed by atoms with van der Waals surface area (Å²) in [6.07, 6.45) is 3.45. The summed E-state index contributed by atoms with van der Waals surface area (Å²) in [5.41, 5.74) is 5.03. The fourth-order valence-corrected chi connectivity index (χ4v) is 4.79. The molecule has 6 nitrogen and oxygen atoms in total. The van der Waals surface area contributed by atoms with E-state index in [1.165, 1.54) is 0 Å². The molecule has 3 aliphatic rings. The molecule has 5 rings (SSSR count). The fourth-order valence-electron chi connectivity index (χ4n) is 4.79. The molecule has 0 radical (unpaired) electrons. The first kappa shape index (κ1) is 19.2. The zero-order valence-corrected chi connectivity index (χ0v) is 15.9. The van der Waals surface area contributed by atoms with Crippen LogP contribution in [-0.2, 0) is 0 Å². The molecule has 2 aromatic rings. The Morgan fingerprint density at radius 1 is 1.30 bits per heavy atom. The Morgan fingerprint density at radius 3 is 2.67 bits per heavy atom. The number of halogens is 3. The number of nitrogens with two attached hydrogens (primary N) is 1. The van der Waals surface area contributed by atoms with Crippen molar-refractivity contribution in [1.82, 2.24) is 4.57 Å². The molecule has 1 aromatic heterocycles. The number of carboxylic acids is 1. The standard InChI is InChI=1S/C21H20F3N3O3/c22-13-5-16(13)27-8-12(21(29)30)20(28)10-4-14(23)19(17(24)18(10)27)26-6-9-2-1-3-15(25)11(9)7-26/h2,4,8,11,13,15-16H,1,3,5-7,25H2,(H,29,30)/t11-,13?,15+,16?/m1/s1. The average Bonchev–Trinajstić information content (AvgIpc) is 3.24. The highest BCUT2D eigenvalue weighted by Crippen LogP contribution is 2.43. The third kappa shape index (κ3) is 2.75. The van der Waals surface area contributed by atoms with E-state index in [4.69, 9.17) is 5.73 Å². The third-order valence-corrected chi connectivity index (χ3v) is 6.46. The number of aromatic nitrogens is 1. The smallest absolute Gasteiger partial charge is 0.341 e. The third-order valence-electron chi connectivity index (χ3n) is 6.46. The molecule has 9 heteroatoms. The summed E-state index contributed by atoms with van der Waals surface area (Å²) in [4.78, 5) is 25.6. The number of alkyl halides is 1. The highest BCUT2D eigenvalue weighted by atomic mass is 19.1. The van der Waals surface area contributed by atoms with Crippen LogP contribution in [0.25, 0.3) is 10.9 Å². The second-order valence-corrected chi connectivity index (χ2v) is 8.33. The number of nitrogens with zero attached hydrogens (tertiary/aromatic N) is 2. The normalized spacial score (nSPS) is 27.9. The van der Waals surface area contributed by atoms with E-state index in [1.54, 1.807) is 4.90 Å². The van der Waals surface area contributed by atoms with E-state index in [0.717, 1.165) is 35.2 Å². The van der Waals surface area contributed by atoms with Crippen LogP contribution in [0.15, 0.2) is 28.7 Å². The van der Waals surface area contributed by atoms with E-state index < -0.39 is 46.2 Å². The summed E-state index contributed by atoms with van der Waals surface area (Å²) in [7, 11) is 0. The number of benzene rings is 1. The van der Waals surface area contributed by atoms with Gasteiger partial charge in [0.25, 0.3) is 0 Å². The van der Waals surface area contributed by atoms with Crippen LogP contribution < -0.4 is 16.1 Å². The predicted octanol–water partition coefficient (Wildman–Crippen LogP) is 2.74. The first-order valence-electron chi connectivity index (χ1n) is 9.91. The van der Waals surface area contributed by atoms with Gasteiger partial charge in [-0.05, 0) is 24.5 Å². The monoisotopic (exact) mass is 419 g/mol. The van der Waals surface area contributed by atoms with Gasteiger partial charge in [0, 0.05) is 37.7 Å². The Labute approximate surface area is 169 Å². The van der Waals surface area contributed by atoms with E-state index >= 15 is 8.78 Å². The Balaban J connectivity index is 1.71. The van der Waals surface area contributed by atoms with Crippen LogP contribution in [-0.4, -0.2) is 40.9 Å². The zero-order valence-electron chi connectivity index (χ0n) is 15.9. The molecule has 0 amide bonds. The van der Waals surface area contributed by atoms with Crippen LogP contribution in [0.5, 0.6) is 0 Å². The molecule has 1 aliphatic heterocycles. The lowest BCUT2D eigenvalue weighted by Crippen LogP contribution is -2.34. The second-order valence-electron chi connectivity index (χ2n) is 8.33. The summed E-state index contributed by atoms with van der Waals surface area (Å²) < 4.78 is 45.7. The number of pyridine rings is 1. The predicted molar refractivity (Wildman–Crippen MR) is 105 cm³/mol. The van der Waals surface area contributed by atoms with E-state index in [-0.39, 0.29) is 29.6 Å². The molecule has 3 N–H and O–H groups in total. The van der Waals surface area contributed by atoms with E-state index in [9.17, 15) is 19.1 Å². The summed E-state index contributed by atoms with van der Waals surface area (Å²) in [6.45, 7) is 0.670. The number of aromatic carboxylic acids is 1. The maximum absolute atomic E-state index is 15.7. The molecule has 0 bridgehead atoms. The van der Waals surface area contributed by atoms with E-state index in [1.807, 2.05) is 0 Å². The minimum absolute atomic E-state index is 0.00322. The molecule has 1 saturated carbocycles. The Hall–Kier alpha value is -2.81. The molecule has 2 fully saturated rings. The first-order valence-corrected chi connectivity index (χ1v) is 9.91. The van der Waals surface area contributed by atoms with Crippen molar-refractivity contribution < 1.29 is 23.1 Å². The van der Waals surface area contributed by atoms with Gasteiger partial charge in [0.2, 0.25) is 5.43 Å². The molecule has 4 atom stereocenters. The largest absolute Gasteiger partial charge is 0.477 e. The average molecular weight is 419 g/mol. The van der Waals surface area contributed by atoms with Crippen molar-refractivity contribution in [3.63, 3.8) is 0 Å². The van der Waals surface area contributed by atoms with Crippen LogP contribution in [0.2, 0.25) is 0 Å². The molecule has 2 aliphatic carbocycles. The molecule has 1 aromatic carbocycles. The molecule has 30 heavy (non-hydrogen) atoms. The summed E-state index contributed by atoms with van der Waals surface area (Å²) in [5.74, 6) is -3.46. The first-order chi connectivity index (χ1) is 14.3. The van der Waals surface area contributed by atoms with Crippen LogP contribution in [0.3, 0.4) is 0 Å². The van der Waals surface area contributed by atoms with Crippen molar-refractivity contribution in [3.8, 4) is 0 Å². The number of fused-ring (bicyclic) bond motifs is 2. The van der Waals surface area contributed by atoms with Crippen LogP contribution in [0.1, 0.15) is 35.7 Å². The molecular weight excluding hydrogens is 399 g/mol. The van der Waals surface area contributed by atoms with Crippen molar-refractivity contribution in [1.29, 1.82) is 0 Å². The number of anilines is 1. The Morgan fingerprint density at radius 2 is 2.03 bits per heavy atom. The molecular formula is C21H20F3N3O3. The van der Waals surface area contributed by atoms with Crippen molar-refractivity contribution in [2.45, 2.75) is 37.5 Å². The van der Waals surface area contributed by atoms with Crippen LogP contribution in [0.4, 0.5) is 18.9 Å². The Bertz CT molecular complexity index is 1180. The number of rotatable bonds is 3. The quantitative estimate of drug-likeness (QED) is 0.747. The summed E-state index contributed by atoms with van der Waals surface area (Å²) in [6, 6.07) is -0.00165. The fraction of sp³-hybridized carbons (Fsp3) is 0.429. The highest BCUT2D eigenvalue weighted by Gasteiger charge is 2.42. The lowest BCUT2D eigenvalue weighted by molar-refractivity contribution is 0.0694. The number of hydrogen-bond donors (Lipinski definition) is 2. The topological polar surface area (TPSA) is 88.6 Å². The zero-order chi connectivity index (χ0) is 21.3. The lowest BCUT2D eigenvalue weighted by Gasteiger charge is -2.24. The van der Waals surface area contributed by atoms with Crippen LogP contribution in [0, 0.1) is 17.6 Å². The molecule has 2 unspecified atom stereocenters. The van der Waals surface area contributed by atoms with Gasteiger partial charge in [-0.3, -0.25) is 4.79 Å². The van der Waals surface area contributed by atoms with E-state index in [0.29, 0.717) is 13.1 Å². The van der Waals surface area contributed by atoms with Gasteiger partial charge < -0.3 is 20.3 Å². The maximum atomic E-state index is 15.7. The van der Waals surface area contributed by atoms with Crippen molar-refractivity contribution in [2.24, 2.45) is 11.7 Å². The molecule has 1 saturated heterocycles. The van der Waals surface area contributed by atoms with Crippen molar-refractivity contribution >= 4 is 22.6 Å². The van der Waals surface area contributed by atoms with Gasteiger partial charge in [-0.2, -0.15) is 0 Å². The molecule has 158 valence electrons. The number of carboxylic acid groups (broad SMARTS) is 1. The van der Waals surface area contributed by atoms with Gasteiger partial charge in [-0.15, -0.1) is 0 Å². The van der Waals surface area contributed by atoms with Gasteiger partial charge in [-0.1, -0.05) is 6.08 Å². The lowest BCUT2D eigenvalue weighted by atomic mass is 9.86. The van der Waals surface area contributed by atoms with Gasteiger partial charge in [0.05, 0.1) is 16.9 Å². The number of hydrogen-bond acceptors (Lipinski definition) is 4. The van der Waals surface area contributed by atoms with Gasteiger partial charge >= 0.3 is 5.97 Å². The minimum Gasteiger partial charge on any atom is -0.477 e. The van der Waals surface area contributed by atoms with E-state index in [2.05, 4.69) is 6.08 Å². The Kier molecular flexibility index (Phi) is 4.22. The summed E-state index contributed by atoms with van der Waals surface area (Å²) >= 11 is 0. The summed E-state index contributed by atoms with van der Waals surface area (Å²) in [5, 5.41) is 8.90. The molecule has 2 heterocycles. The van der Waals surface area contributed by atoms with Gasteiger partial charge in [0.1, 0.15) is 23.2 Å². The minimum atomic E-state index is -1.53. The van der Waals surface area contributed by atoms with Crippen molar-refractivity contribution in [2.75, 3.05) is 18.0 Å². The highest BCUT2D eigenvalue weighted by molar-refractivity contribution is 5.94. The number of carbonyl (C=O) groups is 1. The van der Waals surface area contributed by atoms with Crippen LogP contribution >= 0.6 is 0 Å². The maximum Gasteiger partial charge on any atom is 0.341 e. The van der Waals surface area contributed by atoms with Gasteiger partial charge in [-0.25, -0.2) is 18.0 Å². The van der Waals surface area contributed by atoms with Gasteiger partial charge in [0.15, 0.2) is 5.82 Å². The van der Waals surface area contributed by atoms with Crippen molar-refractivity contribution in [3.05, 3.63) is 51.3 Å². The SMILES string of the molecule is N[C@H]1CCC=C2CN(c3c(F)cc4c(=O)c(C(=O)O)cn(C5CC5F)c4c3F)C[C@H]21. The second kappa shape index (κ2) is 6.60. The number of allylic oxidation sites excluding steroid dienone is 1.